The van der Waals surface area contributed by atoms with Gasteiger partial charge in [-0.2, -0.15) is 0 Å². The highest BCUT2D eigenvalue weighted by Gasteiger charge is 2.21. The molecule has 4 heteroatoms. The minimum Gasteiger partial charge on any atom is -0.399 e. The fourth-order valence-electron chi connectivity index (χ4n) is 3.26. The lowest BCUT2D eigenvalue weighted by molar-refractivity contribution is 0.0926. The number of amides is 1. The molecule has 1 aliphatic heterocycles. The third kappa shape index (κ3) is 3.95. The second kappa shape index (κ2) is 7.49. The Balaban J connectivity index is 1.80. The van der Waals surface area contributed by atoms with Crippen molar-refractivity contribution in [1.29, 1.82) is 0 Å². The van der Waals surface area contributed by atoms with Crippen molar-refractivity contribution in [3.8, 4) is 0 Å². The molecule has 1 fully saturated rings. The first-order valence-corrected chi connectivity index (χ1v) is 8.58. The fraction of sp³-hybridized carbons (Fsp3) is 0.350. The maximum Gasteiger partial charge on any atom is 0.252 e. The maximum atomic E-state index is 12.8. The standard InChI is InChI=1S/C20H25N3O/c1-15-9-10-17(21)13-18(15)20(24)22-19(14-23-11-5-6-12-23)16-7-3-2-4-8-16/h2-4,7-10,13,19H,5-6,11-12,14,21H2,1H3,(H,22,24). The number of nitrogen functional groups attached to an aromatic ring is 1. The number of benzene rings is 2. The fourth-order valence-corrected chi connectivity index (χ4v) is 3.26. The van der Waals surface area contributed by atoms with Gasteiger partial charge >= 0.3 is 0 Å². The van der Waals surface area contributed by atoms with E-state index in [0.717, 1.165) is 30.8 Å². The largest absolute Gasteiger partial charge is 0.399 e. The molecule has 1 aliphatic rings. The van der Waals surface area contributed by atoms with Crippen LogP contribution in [0.2, 0.25) is 0 Å². The number of carbonyl (C=O) groups is 1. The molecule has 3 N–H and O–H groups in total. The van der Waals surface area contributed by atoms with Gasteiger partial charge in [-0.15, -0.1) is 0 Å². The van der Waals surface area contributed by atoms with E-state index in [1.165, 1.54) is 12.8 Å². The van der Waals surface area contributed by atoms with Crippen molar-refractivity contribution in [2.75, 3.05) is 25.4 Å². The van der Waals surface area contributed by atoms with Gasteiger partial charge in [-0.3, -0.25) is 4.79 Å². The first-order chi connectivity index (χ1) is 11.6. The predicted octanol–water partition coefficient (Wildman–Crippen LogP) is 3.14. The molecule has 1 amide bonds. The molecule has 0 saturated carbocycles. The zero-order chi connectivity index (χ0) is 16.9. The normalized spacial score (nSPS) is 16.0. The summed E-state index contributed by atoms with van der Waals surface area (Å²) >= 11 is 0. The van der Waals surface area contributed by atoms with E-state index in [9.17, 15) is 4.79 Å². The number of anilines is 1. The molecule has 24 heavy (non-hydrogen) atoms. The Hall–Kier alpha value is -2.33. The summed E-state index contributed by atoms with van der Waals surface area (Å²) in [5, 5.41) is 3.21. The average molecular weight is 323 g/mol. The van der Waals surface area contributed by atoms with Crippen molar-refractivity contribution in [1.82, 2.24) is 10.2 Å². The Morgan fingerprint density at radius 1 is 1.17 bits per heavy atom. The second-order valence-electron chi connectivity index (χ2n) is 6.52. The quantitative estimate of drug-likeness (QED) is 0.831. The van der Waals surface area contributed by atoms with Crippen molar-refractivity contribution >= 4 is 11.6 Å². The molecule has 3 rings (SSSR count). The van der Waals surface area contributed by atoms with Crippen molar-refractivity contribution < 1.29 is 4.79 Å². The van der Waals surface area contributed by atoms with Gasteiger partial charge in [0.15, 0.2) is 0 Å². The highest BCUT2D eigenvalue weighted by molar-refractivity contribution is 5.96. The Morgan fingerprint density at radius 2 is 1.88 bits per heavy atom. The van der Waals surface area contributed by atoms with Gasteiger partial charge in [0.25, 0.3) is 5.91 Å². The van der Waals surface area contributed by atoms with Crippen molar-refractivity contribution in [2.24, 2.45) is 0 Å². The predicted molar refractivity (Wildman–Crippen MR) is 97.9 cm³/mol. The average Bonchev–Trinajstić information content (AvgIpc) is 3.10. The van der Waals surface area contributed by atoms with E-state index in [1.807, 2.05) is 37.3 Å². The molecule has 1 saturated heterocycles. The maximum absolute atomic E-state index is 12.8. The number of nitrogens with zero attached hydrogens (tertiary/aromatic N) is 1. The van der Waals surface area contributed by atoms with E-state index < -0.39 is 0 Å². The molecule has 126 valence electrons. The first kappa shape index (κ1) is 16.5. The molecule has 0 aromatic heterocycles. The number of rotatable bonds is 5. The Labute approximate surface area is 143 Å². The van der Waals surface area contributed by atoms with Crippen LogP contribution >= 0.6 is 0 Å². The Morgan fingerprint density at radius 3 is 2.58 bits per heavy atom. The van der Waals surface area contributed by atoms with Crippen LogP contribution in [0.5, 0.6) is 0 Å². The monoisotopic (exact) mass is 323 g/mol. The summed E-state index contributed by atoms with van der Waals surface area (Å²) in [4.78, 5) is 15.2. The third-order valence-electron chi connectivity index (χ3n) is 4.65. The molecular formula is C20H25N3O. The van der Waals surface area contributed by atoms with Gasteiger partial charge in [0.05, 0.1) is 6.04 Å². The first-order valence-electron chi connectivity index (χ1n) is 8.58. The molecule has 2 aromatic rings. The van der Waals surface area contributed by atoms with E-state index in [4.69, 9.17) is 5.73 Å². The van der Waals surface area contributed by atoms with Crippen LogP contribution < -0.4 is 11.1 Å². The van der Waals surface area contributed by atoms with Crippen molar-refractivity contribution in [2.45, 2.75) is 25.8 Å². The molecule has 0 aliphatic carbocycles. The topological polar surface area (TPSA) is 58.4 Å². The number of nitrogens with two attached hydrogens (primary N) is 1. The highest BCUT2D eigenvalue weighted by Crippen LogP contribution is 2.20. The molecule has 0 bridgehead atoms. The Bertz CT molecular complexity index is 693. The van der Waals surface area contributed by atoms with Gasteiger partial charge in [-0.1, -0.05) is 36.4 Å². The molecular weight excluding hydrogens is 298 g/mol. The lowest BCUT2D eigenvalue weighted by atomic mass is 10.0. The zero-order valence-electron chi connectivity index (χ0n) is 14.2. The van der Waals surface area contributed by atoms with E-state index in [1.54, 1.807) is 6.07 Å². The summed E-state index contributed by atoms with van der Waals surface area (Å²) in [5.74, 6) is -0.0622. The van der Waals surface area contributed by atoms with E-state index in [-0.39, 0.29) is 11.9 Å². The summed E-state index contributed by atoms with van der Waals surface area (Å²) in [5.41, 5.74) is 9.19. The molecule has 2 aromatic carbocycles. The second-order valence-corrected chi connectivity index (χ2v) is 6.52. The highest BCUT2D eigenvalue weighted by atomic mass is 16.1. The van der Waals surface area contributed by atoms with Crippen LogP contribution in [0.1, 0.15) is 40.4 Å². The number of nitrogens with one attached hydrogen (secondary N) is 1. The summed E-state index contributed by atoms with van der Waals surface area (Å²) < 4.78 is 0. The van der Waals surface area contributed by atoms with Gasteiger partial charge in [-0.25, -0.2) is 0 Å². The van der Waals surface area contributed by atoms with Gasteiger partial charge in [0.1, 0.15) is 0 Å². The summed E-state index contributed by atoms with van der Waals surface area (Å²) in [7, 11) is 0. The zero-order valence-corrected chi connectivity index (χ0v) is 14.2. The van der Waals surface area contributed by atoms with Crippen LogP contribution in [-0.4, -0.2) is 30.4 Å². The van der Waals surface area contributed by atoms with Crippen LogP contribution in [0.15, 0.2) is 48.5 Å². The summed E-state index contributed by atoms with van der Waals surface area (Å²) in [6.45, 7) is 5.00. The summed E-state index contributed by atoms with van der Waals surface area (Å²) in [6.07, 6.45) is 2.48. The SMILES string of the molecule is Cc1ccc(N)cc1C(=O)NC(CN1CCCC1)c1ccccc1. The van der Waals surface area contributed by atoms with Crippen LogP contribution in [0.25, 0.3) is 0 Å². The molecule has 0 spiro atoms. The molecule has 1 unspecified atom stereocenters. The van der Waals surface area contributed by atoms with Gasteiger partial charge < -0.3 is 16.0 Å². The van der Waals surface area contributed by atoms with Gasteiger partial charge in [-0.05, 0) is 56.1 Å². The third-order valence-corrected chi connectivity index (χ3v) is 4.65. The van der Waals surface area contributed by atoms with Crippen LogP contribution in [0.3, 0.4) is 0 Å². The van der Waals surface area contributed by atoms with Crippen molar-refractivity contribution in [3.05, 3.63) is 65.2 Å². The number of hydrogen-bond acceptors (Lipinski definition) is 3. The lowest BCUT2D eigenvalue weighted by Gasteiger charge is -2.25. The van der Waals surface area contributed by atoms with Crippen LogP contribution in [0.4, 0.5) is 5.69 Å². The van der Waals surface area contributed by atoms with E-state index >= 15 is 0 Å². The molecule has 1 heterocycles. The van der Waals surface area contributed by atoms with Gasteiger partial charge in [0, 0.05) is 17.8 Å². The van der Waals surface area contributed by atoms with Crippen LogP contribution in [-0.2, 0) is 0 Å². The molecule has 4 nitrogen and oxygen atoms in total. The number of aryl methyl sites for hydroxylation is 1. The van der Waals surface area contributed by atoms with Gasteiger partial charge in [0.2, 0.25) is 0 Å². The molecule has 1 atom stereocenters. The van der Waals surface area contributed by atoms with E-state index in [0.29, 0.717) is 11.3 Å². The number of hydrogen-bond donors (Lipinski definition) is 2. The lowest BCUT2D eigenvalue weighted by Crippen LogP contribution is -2.37. The van der Waals surface area contributed by atoms with Crippen molar-refractivity contribution in [3.63, 3.8) is 0 Å². The summed E-state index contributed by atoms with van der Waals surface area (Å²) in [6, 6.07) is 15.6. The van der Waals surface area contributed by atoms with E-state index in [2.05, 4.69) is 22.3 Å². The smallest absolute Gasteiger partial charge is 0.252 e. The van der Waals surface area contributed by atoms with Crippen LogP contribution in [0, 0.1) is 6.92 Å². The minimum atomic E-state index is -0.0622. The Kier molecular flexibility index (Phi) is 5.16. The minimum absolute atomic E-state index is 0.0161. The molecule has 0 radical (unpaired) electrons. The number of likely N-dealkylation sites (tertiary alicyclic amines) is 1. The number of carbonyl (C=O) groups excluding carboxylic acids is 1.